The van der Waals surface area contributed by atoms with Gasteiger partial charge in [0.15, 0.2) is 16.7 Å². The number of pyridine rings is 1. The van der Waals surface area contributed by atoms with Crippen molar-refractivity contribution in [1.29, 1.82) is 0 Å². The number of thiophene rings is 1. The molecule has 4 heterocycles. The van der Waals surface area contributed by atoms with E-state index in [1.165, 1.54) is 0 Å². The van der Waals surface area contributed by atoms with E-state index in [2.05, 4.69) is 20.3 Å². The van der Waals surface area contributed by atoms with Crippen LogP contribution in [0.3, 0.4) is 0 Å². The molecule has 0 amide bonds. The van der Waals surface area contributed by atoms with Crippen molar-refractivity contribution in [2.75, 3.05) is 0 Å². The molecule has 0 fully saturated rings. The van der Waals surface area contributed by atoms with Crippen LogP contribution >= 0.6 is 23.1 Å². The van der Waals surface area contributed by atoms with Crippen LogP contribution in [-0.4, -0.2) is 24.9 Å². The van der Waals surface area contributed by atoms with Gasteiger partial charge in [0.25, 0.3) is 0 Å². The van der Waals surface area contributed by atoms with Crippen LogP contribution < -0.4 is 0 Å². The van der Waals surface area contributed by atoms with E-state index in [1.807, 2.05) is 47.3 Å². The minimum absolute atomic E-state index is 0.678. The van der Waals surface area contributed by atoms with Gasteiger partial charge < -0.3 is 9.09 Å². The summed E-state index contributed by atoms with van der Waals surface area (Å²) in [6.07, 6.45) is 3.50. The van der Waals surface area contributed by atoms with Crippen molar-refractivity contribution in [3.63, 3.8) is 0 Å². The fourth-order valence-electron chi connectivity index (χ4n) is 2.25. The monoisotopic (exact) mass is 355 g/mol. The molecule has 4 aromatic rings. The molecule has 120 valence electrons. The van der Waals surface area contributed by atoms with E-state index in [9.17, 15) is 0 Å². The van der Waals surface area contributed by atoms with Gasteiger partial charge in [-0.05, 0) is 23.6 Å². The van der Waals surface area contributed by atoms with E-state index >= 15 is 0 Å². The Morgan fingerprint density at radius 3 is 2.88 bits per heavy atom. The summed E-state index contributed by atoms with van der Waals surface area (Å²) in [4.78, 5) is 5.11. The van der Waals surface area contributed by atoms with Gasteiger partial charge in [-0.15, -0.1) is 21.5 Å². The summed E-state index contributed by atoms with van der Waals surface area (Å²) < 4.78 is 7.37. The molecule has 0 aliphatic rings. The summed E-state index contributed by atoms with van der Waals surface area (Å²) in [5.74, 6) is 2.30. The highest BCUT2D eigenvalue weighted by molar-refractivity contribution is 7.98. The quantitative estimate of drug-likeness (QED) is 0.506. The topological polar surface area (TPSA) is 69.6 Å². The molecular formula is C16H13N5OS2. The maximum absolute atomic E-state index is 5.40. The van der Waals surface area contributed by atoms with Crippen LogP contribution in [0.5, 0.6) is 0 Å². The molecule has 0 bridgehead atoms. The summed E-state index contributed by atoms with van der Waals surface area (Å²) in [5.41, 5.74) is 1.88. The fourth-order valence-corrected chi connectivity index (χ4v) is 3.71. The van der Waals surface area contributed by atoms with Gasteiger partial charge in [-0.2, -0.15) is 0 Å². The molecule has 0 aliphatic carbocycles. The van der Waals surface area contributed by atoms with Crippen LogP contribution in [-0.2, 0) is 12.8 Å². The lowest BCUT2D eigenvalue weighted by atomic mass is 10.2. The van der Waals surface area contributed by atoms with Gasteiger partial charge >= 0.3 is 0 Å². The van der Waals surface area contributed by atoms with E-state index in [-0.39, 0.29) is 0 Å². The van der Waals surface area contributed by atoms with Crippen LogP contribution in [0.15, 0.2) is 57.8 Å². The zero-order chi connectivity index (χ0) is 16.4. The standard InChI is InChI=1S/C16H13N5OS2/c1-21-15(11-4-6-17-7-5-11)18-19-16(21)24-10-12-9-13(22-20-12)14-3-2-8-23-14/h2-9H,10H2,1H3. The lowest BCUT2D eigenvalue weighted by Gasteiger charge is -2.02. The number of nitrogens with zero attached hydrogens (tertiary/aromatic N) is 5. The molecule has 0 aromatic carbocycles. The molecule has 4 aromatic heterocycles. The maximum atomic E-state index is 5.40. The average molecular weight is 355 g/mol. The first kappa shape index (κ1) is 15.1. The Balaban J connectivity index is 1.48. The summed E-state index contributed by atoms with van der Waals surface area (Å²) in [7, 11) is 1.96. The second kappa shape index (κ2) is 6.58. The minimum Gasteiger partial charge on any atom is -0.355 e. The van der Waals surface area contributed by atoms with Crippen molar-refractivity contribution in [2.24, 2.45) is 7.05 Å². The SMILES string of the molecule is Cn1c(SCc2cc(-c3cccs3)on2)nnc1-c1ccncc1. The first-order valence-corrected chi connectivity index (χ1v) is 9.10. The van der Waals surface area contributed by atoms with E-state index in [4.69, 9.17) is 4.52 Å². The number of rotatable bonds is 5. The second-order valence-corrected chi connectivity index (χ2v) is 6.94. The molecule has 0 aliphatic heterocycles. The normalized spacial score (nSPS) is 11.0. The Kier molecular flexibility index (Phi) is 4.14. The van der Waals surface area contributed by atoms with Gasteiger partial charge in [-0.25, -0.2) is 0 Å². The Morgan fingerprint density at radius 2 is 2.08 bits per heavy atom. The predicted molar refractivity (Wildman–Crippen MR) is 93.6 cm³/mol. The van der Waals surface area contributed by atoms with Crippen molar-refractivity contribution in [3.8, 4) is 22.0 Å². The second-order valence-electron chi connectivity index (χ2n) is 5.05. The van der Waals surface area contributed by atoms with E-state index in [0.29, 0.717) is 5.75 Å². The van der Waals surface area contributed by atoms with Crippen LogP contribution in [0, 0.1) is 0 Å². The number of hydrogen-bond donors (Lipinski definition) is 0. The van der Waals surface area contributed by atoms with Crippen LogP contribution in [0.4, 0.5) is 0 Å². The van der Waals surface area contributed by atoms with Gasteiger partial charge in [0.1, 0.15) is 0 Å². The van der Waals surface area contributed by atoms with E-state index in [0.717, 1.165) is 32.9 Å². The highest BCUT2D eigenvalue weighted by atomic mass is 32.2. The van der Waals surface area contributed by atoms with E-state index < -0.39 is 0 Å². The summed E-state index contributed by atoms with van der Waals surface area (Å²) >= 11 is 3.22. The molecule has 4 rings (SSSR count). The first-order valence-electron chi connectivity index (χ1n) is 7.23. The zero-order valence-corrected chi connectivity index (χ0v) is 14.4. The lowest BCUT2D eigenvalue weighted by molar-refractivity contribution is 0.427. The third kappa shape index (κ3) is 2.98. The largest absolute Gasteiger partial charge is 0.355 e. The van der Waals surface area contributed by atoms with Gasteiger partial charge in [0.2, 0.25) is 0 Å². The molecule has 0 atom stereocenters. The van der Waals surface area contributed by atoms with Crippen molar-refractivity contribution >= 4 is 23.1 Å². The fraction of sp³-hybridized carbons (Fsp3) is 0.125. The van der Waals surface area contributed by atoms with Gasteiger partial charge in [0.05, 0.1) is 10.6 Å². The highest BCUT2D eigenvalue weighted by Gasteiger charge is 2.13. The maximum Gasteiger partial charge on any atom is 0.191 e. The third-order valence-electron chi connectivity index (χ3n) is 3.45. The predicted octanol–water partition coefficient (Wildman–Crippen LogP) is 3.89. The smallest absolute Gasteiger partial charge is 0.191 e. The van der Waals surface area contributed by atoms with Crippen molar-refractivity contribution in [2.45, 2.75) is 10.9 Å². The Labute approximate surface area is 146 Å². The molecule has 0 radical (unpaired) electrons. The van der Waals surface area contributed by atoms with Crippen LogP contribution in [0.25, 0.3) is 22.0 Å². The van der Waals surface area contributed by atoms with Gasteiger partial charge in [0, 0.05) is 36.8 Å². The molecular weight excluding hydrogens is 342 g/mol. The van der Waals surface area contributed by atoms with Crippen molar-refractivity contribution in [3.05, 3.63) is 53.8 Å². The first-order chi connectivity index (χ1) is 11.8. The summed E-state index contributed by atoms with van der Waals surface area (Å²) in [5, 5.41) is 15.5. The Bertz CT molecular complexity index is 931. The van der Waals surface area contributed by atoms with Crippen molar-refractivity contribution in [1.82, 2.24) is 24.9 Å². The molecule has 0 N–H and O–H groups in total. The van der Waals surface area contributed by atoms with Crippen molar-refractivity contribution < 1.29 is 4.52 Å². The highest BCUT2D eigenvalue weighted by Crippen LogP contribution is 2.28. The number of thioether (sulfide) groups is 1. The van der Waals surface area contributed by atoms with Gasteiger partial charge in [-0.3, -0.25) is 4.98 Å². The van der Waals surface area contributed by atoms with Crippen LogP contribution in [0.1, 0.15) is 5.69 Å². The average Bonchev–Trinajstić information content (AvgIpc) is 3.35. The molecule has 6 nitrogen and oxygen atoms in total. The molecule has 0 spiro atoms. The number of aromatic nitrogens is 5. The number of hydrogen-bond acceptors (Lipinski definition) is 7. The molecule has 0 saturated carbocycles. The third-order valence-corrected chi connectivity index (χ3v) is 5.38. The molecule has 24 heavy (non-hydrogen) atoms. The lowest BCUT2D eigenvalue weighted by Crippen LogP contribution is -1.95. The van der Waals surface area contributed by atoms with E-state index in [1.54, 1.807) is 35.5 Å². The van der Waals surface area contributed by atoms with Crippen LogP contribution in [0.2, 0.25) is 0 Å². The Morgan fingerprint density at radius 1 is 1.21 bits per heavy atom. The summed E-state index contributed by atoms with van der Waals surface area (Å²) in [6.45, 7) is 0. The summed E-state index contributed by atoms with van der Waals surface area (Å²) in [6, 6.07) is 9.83. The zero-order valence-electron chi connectivity index (χ0n) is 12.8. The molecule has 8 heteroatoms. The molecule has 0 unspecified atom stereocenters. The van der Waals surface area contributed by atoms with Gasteiger partial charge in [-0.1, -0.05) is 23.0 Å². The minimum atomic E-state index is 0.678. The Hall–Kier alpha value is -2.45. The molecule has 0 saturated heterocycles.